The summed E-state index contributed by atoms with van der Waals surface area (Å²) in [5.41, 5.74) is 1.20. The van der Waals surface area contributed by atoms with Crippen molar-refractivity contribution >= 4 is 0 Å². The van der Waals surface area contributed by atoms with Crippen molar-refractivity contribution in [2.24, 2.45) is 28.6 Å². The molecule has 1 heterocycles. The number of hydrogen-bond acceptors (Lipinski definition) is 1. The van der Waals surface area contributed by atoms with Crippen molar-refractivity contribution in [2.45, 2.75) is 65.7 Å². The molecular weight excluding hydrogens is 220 g/mol. The fraction of sp³-hybridized carbons (Fsp3) is 1.00. The molecule has 0 aromatic rings. The molecule has 18 heavy (non-hydrogen) atoms. The predicted octanol–water partition coefficient (Wildman–Crippen LogP) is 4.66. The van der Waals surface area contributed by atoms with Crippen molar-refractivity contribution in [3.63, 3.8) is 0 Å². The van der Waals surface area contributed by atoms with Gasteiger partial charge < -0.3 is 4.74 Å². The zero-order valence-corrected chi connectivity index (χ0v) is 12.5. The molecule has 104 valence electrons. The third-order valence-electron chi connectivity index (χ3n) is 6.27. The molecule has 0 N–H and O–H groups in total. The highest BCUT2D eigenvalue weighted by Gasteiger charge is 2.45. The average Bonchev–Trinajstić information content (AvgIpc) is 2.73. The maximum atomic E-state index is 5.70. The molecule has 3 aliphatic rings. The van der Waals surface area contributed by atoms with Gasteiger partial charge in [0.15, 0.2) is 0 Å². The summed E-state index contributed by atoms with van der Waals surface area (Å²) in [5, 5.41) is 0. The summed E-state index contributed by atoms with van der Waals surface area (Å²) >= 11 is 0. The number of fused-ring (bicyclic) bond motifs is 1. The van der Waals surface area contributed by atoms with Gasteiger partial charge in [-0.25, -0.2) is 0 Å². The van der Waals surface area contributed by atoms with Crippen molar-refractivity contribution in [3.05, 3.63) is 0 Å². The molecule has 3 rings (SSSR count). The molecule has 1 heteroatoms. The van der Waals surface area contributed by atoms with E-state index in [0.717, 1.165) is 31.0 Å². The molecule has 1 unspecified atom stereocenters. The molecule has 0 aromatic carbocycles. The largest absolute Gasteiger partial charge is 0.381 e. The molecule has 0 bridgehead atoms. The third-order valence-corrected chi connectivity index (χ3v) is 6.27. The fourth-order valence-corrected chi connectivity index (χ4v) is 5.34. The van der Waals surface area contributed by atoms with Crippen LogP contribution in [0.2, 0.25) is 0 Å². The third kappa shape index (κ3) is 2.35. The van der Waals surface area contributed by atoms with Gasteiger partial charge in [0.1, 0.15) is 0 Å². The summed E-state index contributed by atoms with van der Waals surface area (Å²) < 4.78 is 5.70. The molecule has 1 nitrogen and oxygen atoms in total. The van der Waals surface area contributed by atoms with Gasteiger partial charge in [-0.3, -0.25) is 0 Å². The maximum absolute atomic E-state index is 5.70. The van der Waals surface area contributed by atoms with Crippen LogP contribution in [0, 0.1) is 28.6 Å². The van der Waals surface area contributed by atoms with Gasteiger partial charge in [-0.15, -0.1) is 0 Å². The Morgan fingerprint density at radius 2 is 1.72 bits per heavy atom. The van der Waals surface area contributed by atoms with E-state index in [9.17, 15) is 0 Å². The standard InChI is InChI=1S/C17H30O/c1-16(2)7-4-8-17(3,12-16)15-6-5-13-10-18-11-14(13)9-15/h13-15H,4-12H2,1-3H3/t13-,14+,15?,17+/m0/s1. The van der Waals surface area contributed by atoms with E-state index in [4.69, 9.17) is 4.74 Å². The number of rotatable bonds is 1. The van der Waals surface area contributed by atoms with Crippen LogP contribution >= 0.6 is 0 Å². The smallest absolute Gasteiger partial charge is 0.0498 e. The van der Waals surface area contributed by atoms with E-state index >= 15 is 0 Å². The van der Waals surface area contributed by atoms with Crippen molar-refractivity contribution in [1.82, 2.24) is 0 Å². The minimum absolute atomic E-state index is 0.579. The highest BCUT2D eigenvalue weighted by Crippen LogP contribution is 2.55. The molecule has 0 radical (unpaired) electrons. The van der Waals surface area contributed by atoms with E-state index < -0.39 is 0 Å². The normalized spacial score (nSPS) is 47.8. The highest BCUT2D eigenvalue weighted by molar-refractivity contribution is 4.96. The quantitative estimate of drug-likeness (QED) is 0.658. The Morgan fingerprint density at radius 1 is 0.944 bits per heavy atom. The molecule has 2 saturated carbocycles. The first-order chi connectivity index (χ1) is 8.49. The van der Waals surface area contributed by atoms with Crippen molar-refractivity contribution in [3.8, 4) is 0 Å². The Bertz CT molecular complexity index is 309. The minimum atomic E-state index is 0.579. The first kappa shape index (κ1) is 13.0. The second-order valence-corrected chi connectivity index (χ2v) is 8.42. The lowest BCUT2D eigenvalue weighted by Gasteiger charge is -2.50. The lowest BCUT2D eigenvalue weighted by molar-refractivity contribution is 0.00821. The van der Waals surface area contributed by atoms with Crippen LogP contribution < -0.4 is 0 Å². The topological polar surface area (TPSA) is 9.23 Å². The van der Waals surface area contributed by atoms with Crippen molar-refractivity contribution in [2.75, 3.05) is 13.2 Å². The fourth-order valence-electron chi connectivity index (χ4n) is 5.34. The van der Waals surface area contributed by atoms with Crippen LogP contribution in [0.3, 0.4) is 0 Å². The van der Waals surface area contributed by atoms with Crippen LogP contribution in [0.15, 0.2) is 0 Å². The molecular formula is C17H30O. The summed E-state index contributed by atoms with van der Waals surface area (Å²) in [6.07, 6.45) is 10.2. The summed E-state index contributed by atoms with van der Waals surface area (Å²) in [5.74, 6) is 2.77. The van der Waals surface area contributed by atoms with Crippen molar-refractivity contribution < 1.29 is 4.74 Å². The monoisotopic (exact) mass is 250 g/mol. The zero-order valence-electron chi connectivity index (χ0n) is 12.5. The summed E-state index contributed by atoms with van der Waals surface area (Å²) in [6, 6.07) is 0. The van der Waals surface area contributed by atoms with Crippen LogP contribution in [-0.2, 0) is 4.74 Å². The van der Waals surface area contributed by atoms with Gasteiger partial charge in [0.2, 0.25) is 0 Å². The van der Waals surface area contributed by atoms with E-state index in [1.165, 1.54) is 44.9 Å². The molecule has 4 atom stereocenters. The van der Waals surface area contributed by atoms with Gasteiger partial charge in [-0.1, -0.05) is 27.2 Å². The Labute approximate surface area is 113 Å². The zero-order chi connectivity index (χ0) is 12.8. The molecule has 0 amide bonds. The lowest BCUT2D eigenvalue weighted by atomic mass is 9.55. The SMILES string of the molecule is CC1(C)CCC[C@@](C)(C2CC[C@H]3COC[C@H]3C2)C1. The Morgan fingerprint density at radius 3 is 2.50 bits per heavy atom. The highest BCUT2D eigenvalue weighted by atomic mass is 16.5. The van der Waals surface area contributed by atoms with E-state index in [0.29, 0.717) is 10.8 Å². The average molecular weight is 250 g/mol. The van der Waals surface area contributed by atoms with E-state index in [2.05, 4.69) is 20.8 Å². The summed E-state index contributed by atoms with van der Waals surface area (Å²) in [7, 11) is 0. The van der Waals surface area contributed by atoms with E-state index in [-0.39, 0.29) is 0 Å². The minimum Gasteiger partial charge on any atom is -0.381 e. The Balaban J connectivity index is 1.70. The van der Waals surface area contributed by atoms with Crippen LogP contribution in [0.25, 0.3) is 0 Å². The van der Waals surface area contributed by atoms with E-state index in [1.807, 2.05) is 0 Å². The van der Waals surface area contributed by atoms with Gasteiger partial charge >= 0.3 is 0 Å². The van der Waals surface area contributed by atoms with Gasteiger partial charge in [0, 0.05) is 13.2 Å². The van der Waals surface area contributed by atoms with Crippen LogP contribution in [0.5, 0.6) is 0 Å². The van der Waals surface area contributed by atoms with Crippen LogP contribution in [-0.4, -0.2) is 13.2 Å². The van der Waals surface area contributed by atoms with Gasteiger partial charge in [0.05, 0.1) is 0 Å². The molecule has 3 fully saturated rings. The van der Waals surface area contributed by atoms with Crippen molar-refractivity contribution in [1.29, 1.82) is 0 Å². The first-order valence-electron chi connectivity index (χ1n) is 8.06. The molecule has 2 aliphatic carbocycles. The van der Waals surface area contributed by atoms with Crippen LogP contribution in [0.4, 0.5) is 0 Å². The Hall–Kier alpha value is -0.0400. The van der Waals surface area contributed by atoms with E-state index in [1.54, 1.807) is 0 Å². The molecule has 1 aliphatic heterocycles. The molecule has 1 saturated heterocycles. The molecule has 0 spiro atoms. The summed E-state index contributed by atoms with van der Waals surface area (Å²) in [6.45, 7) is 9.67. The van der Waals surface area contributed by atoms with Gasteiger partial charge in [-0.2, -0.15) is 0 Å². The summed E-state index contributed by atoms with van der Waals surface area (Å²) in [4.78, 5) is 0. The second-order valence-electron chi connectivity index (χ2n) is 8.42. The lowest BCUT2D eigenvalue weighted by Crippen LogP contribution is -2.40. The number of hydrogen-bond donors (Lipinski definition) is 0. The van der Waals surface area contributed by atoms with Gasteiger partial charge in [-0.05, 0) is 67.1 Å². The second kappa shape index (κ2) is 4.51. The molecule has 0 aromatic heterocycles. The predicted molar refractivity (Wildman–Crippen MR) is 75.5 cm³/mol. The Kier molecular flexibility index (Phi) is 3.25. The van der Waals surface area contributed by atoms with Gasteiger partial charge in [0.25, 0.3) is 0 Å². The first-order valence-corrected chi connectivity index (χ1v) is 8.06. The maximum Gasteiger partial charge on any atom is 0.0498 e. The van der Waals surface area contributed by atoms with Crippen LogP contribution in [0.1, 0.15) is 65.7 Å². The number of ether oxygens (including phenoxy) is 1.